The van der Waals surface area contributed by atoms with Crippen molar-refractivity contribution in [2.24, 2.45) is 4.99 Å². The van der Waals surface area contributed by atoms with E-state index in [0.29, 0.717) is 22.2 Å². The number of aliphatic hydroxyl groups is 1. The van der Waals surface area contributed by atoms with Gasteiger partial charge in [0.05, 0.1) is 20.8 Å². The molecule has 0 radical (unpaired) electrons. The summed E-state index contributed by atoms with van der Waals surface area (Å²) >= 11 is 3.49. The lowest BCUT2D eigenvalue weighted by atomic mass is 10.1. The highest BCUT2D eigenvalue weighted by molar-refractivity contribution is 14.1. The fraction of sp³-hybridized carbons (Fsp3) is 0.0968. The molecule has 0 amide bonds. The first-order chi connectivity index (χ1) is 18.5. The number of halogens is 1. The fourth-order valence-corrected chi connectivity index (χ4v) is 5.71. The molecule has 5 rings (SSSR count). The summed E-state index contributed by atoms with van der Waals surface area (Å²) in [6.07, 6.45) is 1.84. The molecular weight excluding hydrogens is 609 g/mol. The smallest absolute Gasteiger partial charge is 0.344 e. The minimum Gasteiger partial charge on any atom is -0.506 e. The minimum absolute atomic E-state index is 0.0805. The summed E-state index contributed by atoms with van der Waals surface area (Å²) in [5.41, 5.74) is 2.73. The van der Waals surface area contributed by atoms with Gasteiger partial charge in [-0.15, -0.1) is 0 Å². The number of esters is 1. The highest BCUT2D eigenvalue weighted by Crippen LogP contribution is 2.40. The van der Waals surface area contributed by atoms with Crippen LogP contribution in [0.3, 0.4) is 0 Å². The number of aliphatic imine (C=N–C) groups is 1. The quantitative estimate of drug-likeness (QED) is 0.164. The molecule has 38 heavy (non-hydrogen) atoms. The molecular formula is C31H24INO4S. The Kier molecular flexibility index (Phi) is 8.14. The predicted octanol–water partition coefficient (Wildman–Crippen LogP) is 8.22. The molecule has 0 saturated carbocycles. The number of nitrogens with zero attached hydrogens (tertiary/aromatic N) is 1. The number of benzene rings is 4. The molecule has 1 aliphatic heterocycles. The summed E-state index contributed by atoms with van der Waals surface area (Å²) < 4.78 is 12.2. The SMILES string of the molecule is CCOC(=O)C1=C(O)/C(=C/c2ccc(OCc3ccc4ccccc4c3)c(I)c2)SC1=Nc1ccccc1. The topological polar surface area (TPSA) is 68.1 Å². The second-order valence-electron chi connectivity index (χ2n) is 8.47. The van der Waals surface area contributed by atoms with E-state index in [9.17, 15) is 9.90 Å². The second-order valence-corrected chi connectivity index (χ2v) is 10.7. The molecule has 0 fully saturated rings. The third-order valence-corrected chi connectivity index (χ3v) is 7.68. The van der Waals surface area contributed by atoms with Gasteiger partial charge in [-0.1, -0.05) is 72.4 Å². The summed E-state index contributed by atoms with van der Waals surface area (Å²) in [5.74, 6) is 0.0515. The van der Waals surface area contributed by atoms with Gasteiger partial charge in [0.25, 0.3) is 0 Å². The van der Waals surface area contributed by atoms with Crippen molar-refractivity contribution in [2.75, 3.05) is 6.61 Å². The van der Waals surface area contributed by atoms with Gasteiger partial charge >= 0.3 is 5.97 Å². The van der Waals surface area contributed by atoms with Crippen molar-refractivity contribution >= 4 is 67.9 Å². The normalized spacial score (nSPS) is 15.4. The first-order valence-corrected chi connectivity index (χ1v) is 14.0. The molecule has 1 N–H and O–H groups in total. The lowest BCUT2D eigenvalue weighted by Crippen LogP contribution is -2.12. The molecule has 4 aromatic rings. The zero-order valence-corrected chi connectivity index (χ0v) is 23.5. The van der Waals surface area contributed by atoms with Gasteiger partial charge in [0.1, 0.15) is 28.7 Å². The average Bonchev–Trinajstić information content (AvgIpc) is 3.22. The Hall–Kier alpha value is -3.56. The van der Waals surface area contributed by atoms with Gasteiger partial charge < -0.3 is 14.6 Å². The molecule has 0 spiro atoms. The summed E-state index contributed by atoms with van der Waals surface area (Å²) in [6, 6.07) is 29.7. The van der Waals surface area contributed by atoms with E-state index in [1.165, 1.54) is 22.5 Å². The van der Waals surface area contributed by atoms with Gasteiger partial charge in [-0.25, -0.2) is 9.79 Å². The van der Waals surface area contributed by atoms with Gasteiger partial charge in [-0.05, 0) is 87.8 Å². The Balaban J connectivity index is 1.37. The van der Waals surface area contributed by atoms with Crippen molar-refractivity contribution in [2.45, 2.75) is 13.5 Å². The first kappa shape index (κ1) is 26.1. The van der Waals surface area contributed by atoms with Gasteiger partial charge in [0.2, 0.25) is 0 Å². The lowest BCUT2D eigenvalue weighted by Gasteiger charge is -2.10. The number of para-hydroxylation sites is 1. The highest BCUT2D eigenvalue weighted by Gasteiger charge is 2.33. The van der Waals surface area contributed by atoms with E-state index in [1.54, 1.807) is 6.92 Å². The maximum Gasteiger partial charge on any atom is 0.344 e. The van der Waals surface area contributed by atoms with Crippen LogP contribution in [-0.2, 0) is 16.1 Å². The Morgan fingerprint density at radius 1 is 0.974 bits per heavy atom. The predicted molar refractivity (Wildman–Crippen MR) is 163 cm³/mol. The number of carbonyl (C=O) groups excluding carboxylic acids is 1. The third-order valence-electron chi connectivity index (χ3n) is 5.82. The molecule has 0 aromatic heterocycles. The van der Waals surface area contributed by atoms with E-state index >= 15 is 0 Å². The number of ether oxygens (including phenoxy) is 2. The van der Waals surface area contributed by atoms with Crippen molar-refractivity contribution in [3.63, 3.8) is 0 Å². The van der Waals surface area contributed by atoms with E-state index < -0.39 is 5.97 Å². The zero-order chi connectivity index (χ0) is 26.5. The van der Waals surface area contributed by atoms with Crippen molar-refractivity contribution in [1.82, 2.24) is 0 Å². The van der Waals surface area contributed by atoms with Crippen LogP contribution in [0.5, 0.6) is 5.75 Å². The first-order valence-electron chi connectivity index (χ1n) is 12.1. The number of aliphatic hydroxyl groups excluding tert-OH is 1. The number of hydrogen-bond acceptors (Lipinski definition) is 6. The van der Waals surface area contributed by atoms with Crippen molar-refractivity contribution in [3.05, 3.63) is 122 Å². The van der Waals surface area contributed by atoms with E-state index in [0.717, 1.165) is 20.4 Å². The lowest BCUT2D eigenvalue weighted by molar-refractivity contribution is -0.138. The van der Waals surface area contributed by atoms with Crippen LogP contribution in [0.15, 0.2) is 112 Å². The van der Waals surface area contributed by atoms with Crippen LogP contribution >= 0.6 is 34.4 Å². The molecule has 0 bridgehead atoms. The van der Waals surface area contributed by atoms with Crippen LogP contribution < -0.4 is 4.74 Å². The fourth-order valence-electron chi connectivity index (χ4n) is 3.98. The molecule has 4 aromatic carbocycles. The summed E-state index contributed by atoms with van der Waals surface area (Å²) in [7, 11) is 0. The van der Waals surface area contributed by atoms with E-state index in [1.807, 2.05) is 66.7 Å². The number of carbonyl (C=O) groups is 1. The van der Waals surface area contributed by atoms with Crippen molar-refractivity contribution in [1.29, 1.82) is 0 Å². The van der Waals surface area contributed by atoms with Crippen LogP contribution in [0.1, 0.15) is 18.1 Å². The van der Waals surface area contributed by atoms with Crippen LogP contribution in [0.4, 0.5) is 5.69 Å². The van der Waals surface area contributed by atoms with Gasteiger partial charge in [0.15, 0.2) is 0 Å². The van der Waals surface area contributed by atoms with E-state index in [2.05, 4.69) is 57.9 Å². The molecule has 0 unspecified atom stereocenters. The van der Waals surface area contributed by atoms with E-state index in [4.69, 9.17) is 9.47 Å². The molecule has 0 aliphatic carbocycles. The average molecular weight is 634 g/mol. The second kappa shape index (κ2) is 11.9. The summed E-state index contributed by atoms with van der Waals surface area (Å²) in [4.78, 5) is 17.8. The van der Waals surface area contributed by atoms with Crippen LogP contribution in [0, 0.1) is 3.57 Å². The maximum absolute atomic E-state index is 12.6. The monoisotopic (exact) mass is 633 g/mol. The third kappa shape index (κ3) is 5.95. The van der Waals surface area contributed by atoms with Gasteiger partial charge in [-0.2, -0.15) is 0 Å². The Morgan fingerprint density at radius 2 is 1.74 bits per heavy atom. The minimum atomic E-state index is -0.595. The summed E-state index contributed by atoms with van der Waals surface area (Å²) in [6.45, 7) is 2.40. The van der Waals surface area contributed by atoms with Crippen molar-refractivity contribution in [3.8, 4) is 5.75 Å². The van der Waals surface area contributed by atoms with Crippen LogP contribution in [0.2, 0.25) is 0 Å². The number of thioether (sulfide) groups is 1. The molecule has 1 aliphatic rings. The molecule has 5 nitrogen and oxygen atoms in total. The van der Waals surface area contributed by atoms with Gasteiger partial charge in [-0.3, -0.25) is 0 Å². The number of rotatable bonds is 7. The Morgan fingerprint density at radius 3 is 2.50 bits per heavy atom. The molecule has 0 saturated heterocycles. The molecule has 7 heteroatoms. The summed E-state index contributed by atoms with van der Waals surface area (Å²) in [5, 5.41) is 13.7. The molecule has 0 atom stereocenters. The standard InChI is InChI=1S/C31H24INO4S/c1-2-36-31(35)28-29(34)27(38-30(28)33-24-10-4-3-5-11-24)18-20-13-15-26(25(32)17-20)37-19-21-12-14-22-8-6-7-9-23(22)16-21/h3-18,34H,2,19H2,1H3/b27-18-,33-30?. The highest BCUT2D eigenvalue weighted by atomic mass is 127. The Bertz CT molecular complexity index is 1590. The Labute approximate surface area is 239 Å². The van der Waals surface area contributed by atoms with Crippen LogP contribution in [-0.4, -0.2) is 22.7 Å². The van der Waals surface area contributed by atoms with Gasteiger partial charge in [0, 0.05) is 0 Å². The maximum atomic E-state index is 12.6. The number of hydrogen-bond donors (Lipinski definition) is 1. The van der Waals surface area contributed by atoms with E-state index in [-0.39, 0.29) is 17.9 Å². The van der Waals surface area contributed by atoms with Crippen molar-refractivity contribution < 1.29 is 19.4 Å². The number of fused-ring (bicyclic) bond motifs is 1. The zero-order valence-electron chi connectivity index (χ0n) is 20.6. The molecule has 190 valence electrons. The van der Waals surface area contributed by atoms with Crippen LogP contribution in [0.25, 0.3) is 16.8 Å². The molecule has 1 heterocycles. The largest absolute Gasteiger partial charge is 0.506 e.